The van der Waals surface area contributed by atoms with Crippen molar-refractivity contribution < 1.29 is 18.1 Å². The van der Waals surface area contributed by atoms with E-state index in [0.717, 1.165) is 17.5 Å². The van der Waals surface area contributed by atoms with Gasteiger partial charge in [0, 0.05) is 25.0 Å². The lowest BCUT2D eigenvalue weighted by Gasteiger charge is -2.18. The van der Waals surface area contributed by atoms with Crippen LogP contribution in [0.15, 0.2) is 47.4 Å². The second-order valence-electron chi connectivity index (χ2n) is 5.96. The van der Waals surface area contributed by atoms with Crippen LogP contribution in [-0.2, 0) is 21.1 Å². The van der Waals surface area contributed by atoms with Gasteiger partial charge in [-0.25, -0.2) is 8.42 Å². The summed E-state index contributed by atoms with van der Waals surface area (Å²) in [5, 5.41) is 14.2. The minimum atomic E-state index is -3.74. The van der Waals surface area contributed by atoms with Gasteiger partial charge >= 0.3 is 5.69 Å². The average molecular weight is 375 g/mol. The zero-order valence-electron chi connectivity index (χ0n) is 14.0. The summed E-state index contributed by atoms with van der Waals surface area (Å²) in [5.74, 6) is -0.0348. The van der Waals surface area contributed by atoms with Crippen molar-refractivity contribution in [3.8, 4) is 0 Å². The second-order valence-corrected chi connectivity index (χ2v) is 7.94. The smallest absolute Gasteiger partial charge is 0.310 e. The number of nitro groups is 1. The fraction of sp³-hybridized carbons (Fsp3) is 0.235. The Hall–Kier alpha value is -2.94. The van der Waals surface area contributed by atoms with Gasteiger partial charge in [-0.05, 0) is 23.8 Å². The number of hydrogen-bond acceptors (Lipinski definition) is 6. The number of nitro benzene ring substituents is 1. The molecule has 0 bridgehead atoms. The molecule has 1 aliphatic rings. The van der Waals surface area contributed by atoms with E-state index in [0.29, 0.717) is 13.0 Å². The lowest BCUT2D eigenvalue weighted by molar-refractivity contribution is -0.386. The van der Waals surface area contributed by atoms with Crippen molar-refractivity contribution in [3.05, 3.63) is 58.1 Å². The Morgan fingerprint density at radius 2 is 1.92 bits per heavy atom. The van der Waals surface area contributed by atoms with Crippen LogP contribution in [0.25, 0.3) is 0 Å². The Morgan fingerprint density at radius 1 is 1.19 bits per heavy atom. The SMILES string of the molecule is CS(=O)(=O)c1cccc(NCCN2C(=O)Cc3ccccc32)c1[N+](=O)[O-]. The number of hydrogen-bond donors (Lipinski definition) is 1. The maximum atomic E-state index is 12.1. The summed E-state index contributed by atoms with van der Waals surface area (Å²) in [6.45, 7) is 0.560. The molecule has 1 amide bonds. The predicted octanol–water partition coefficient (Wildman–Crippen LogP) is 2.00. The zero-order chi connectivity index (χ0) is 18.9. The van der Waals surface area contributed by atoms with Crippen molar-refractivity contribution in [1.29, 1.82) is 0 Å². The quantitative estimate of drug-likeness (QED) is 0.611. The number of carbonyl (C=O) groups is 1. The molecular weight excluding hydrogens is 358 g/mol. The minimum absolute atomic E-state index is 0.0348. The molecule has 0 fully saturated rings. The van der Waals surface area contributed by atoms with Crippen molar-refractivity contribution in [2.75, 3.05) is 29.6 Å². The third-order valence-corrected chi connectivity index (χ3v) is 5.29. The molecule has 1 heterocycles. The normalized spacial score (nSPS) is 13.6. The highest BCUT2D eigenvalue weighted by atomic mass is 32.2. The van der Waals surface area contributed by atoms with Gasteiger partial charge in [0.05, 0.1) is 11.3 Å². The molecular formula is C17H17N3O5S. The topological polar surface area (TPSA) is 110 Å². The van der Waals surface area contributed by atoms with Gasteiger partial charge < -0.3 is 10.2 Å². The van der Waals surface area contributed by atoms with Gasteiger partial charge in [-0.3, -0.25) is 14.9 Å². The number of anilines is 2. The van der Waals surface area contributed by atoms with Gasteiger partial charge in [-0.1, -0.05) is 24.3 Å². The average Bonchev–Trinajstić information content (AvgIpc) is 2.89. The van der Waals surface area contributed by atoms with E-state index in [4.69, 9.17) is 0 Å². The molecule has 0 saturated carbocycles. The third-order valence-electron chi connectivity index (χ3n) is 4.16. The Balaban J connectivity index is 1.79. The van der Waals surface area contributed by atoms with Crippen molar-refractivity contribution in [3.63, 3.8) is 0 Å². The van der Waals surface area contributed by atoms with Crippen LogP contribution in [0.5, 0.6) is 0 Å². The van der Waals surface area contributed by atoms with Crippen molar-refractivity contribution in [2.45, 2.75) is 11.3 Å². The molecule has 0 spiro atoms. The maximum absolute atomic E-state index is 12.1. The van der Waals surface area contributed by atoms with Gasteiger partial charge in [0.15, 0.2) is 9.84 Å². The van der Waals surface area contributed by atoms with E-state index < -0.39 is 20.4 Å². The van der Waals surface area contributed by atoms with Crippen molar-refractivity contribution in [1.82, 2.24) is 0 Å². The van der Waals surface area contributed by atoms with Crippen molar-refractivity contribution in [2.24, 2.45) is 0 Å². The molecule has 1 aliphatic heterocycles. The lowest BCUT2D eigenvalue weighted by atomic mass is 10.2. The highest BCUT2D eigenvalue weighted by Crippen LogP contribution is 2.32. The molecule has 26 heavy (non-hydrogen) atoms. The molecule has 136 valence electrons. The van der Waals surface area contributed by atoms with Crippen LogP contribution in [0.4, 0.5) is 17.1 Å². The third kappa shape index (κ3) is 3.38. The summed E-state index contributed by atoms with van der Waals surface area (Å²) in [6, 6.07) is 11.6. The molecule has 8 nitrogen and oxygen atoms in total. The van der Waals surface area contributed by atoms with Crippen LogP contribution in [0.3, 0.4) is 0 Å². The molecule has 2 aromatic rings. The number of amides is 1. The first kappa shape index (κ1) is 17.9. The van der Waals surface area contributed by atoms with Gasteiger partial charge in [0.1, 0.15) is 10.6 Å². The number of carbonyl (C=O) groups excluding carboxylic acids is 1. The van der Waals surface area contributed by atoms with E-state index in [2.05, 4.69) is 5.32 Å². The molecule has 2 aromatic carbocycles. The molecule has 0 atom stereocenters. The number of nitrogens with zero attached hydrogens (tertiary/aromatic N) is 2. The highest BCUT2D eigenvalue weighted by Gasteiger charge is 2.28. The Morgan fingerprint density at radius 3 is 2.62 bits per heavy atom. The second kappa shape index (κ2) is 6.75. The molecule has 0 aromatic heterocycles. The first-order chi connectivity index (χ1) is 12.3. The van der Waals surface area contributed by atoms with Gasteiger partial charge in [0.25, 0.3) is 0 Å². The summed E-state index contributed by atoms with van der Waals surface area (Å²) < 4.78 is 23.6. The predicted molar refractivity (Wildman–Crippen MR) is 97.2 cm³/mol. The van der Waals surface area contributed by atoms with E-state index in [1.54, 1.807) is 4.90 Å². The van der Waals surface area contributed by atoms with Gasteiger partial charge in [0.2, 0.25) is 5.91 Å². The van der Waals surface area contributed by atoms with Crippen LogP contribution in [-0.4, -0.2) is 38.6 Å². The number of rotatable bonds is 6. The standard InChI is InChI=1S/C17H17N3O5S/c1-26(24,25)15-8-4-6-13(17(15)20(22)23)18-9-10-19-14-7-3-2-5-12(14)11-16(19)21/h2-8,18H,9-11H2,1H3. The number of benzene rings is 2. The Bertz CT molecular complexity index is 988. The lowest BCUT2D eigenvalue weighted by Crippen LogP contribution is -2.31. The van der Waals surface area contributed by atoms with E-state index in [-0.39, 0.29) is 23.0 Å². The summed E-state index contributed by atoms with van der Waals surface area (Å²) in [6.07, 6.45) is 1.26. The van der Waals surface area contributed by atoms with Crippen molar-refractivity contribution >= 4 is 32.8 Å². The largest absolute Gasteiger partial charge is 0.378 e. The van der Waals surface area contributed by atoms with E-state index >= 15 is 0 Å². The molecule has 9 heteroatoms. The molecule has 3 rings (SSSR count). The number of fused-ring (bicyclic) bond motifs is 1. The monoisotopic (exact) mass is 375 g/mol. The molecule has 0 aliphatic carbocycles. The fourth-order valence-corrected chi connectivity index (χ4v) is 3.88. The molecule has 0 radical (unpaired) electrons. The van der Waals surface area contributed by atoms with E-state index in [9.17, 15) is 23.3 Å². The zero-order valence-corrected chi connectivity index (χ0v) is 14.8. The summed E-state index contributed by atoms with van der Waals surface area (Å²) in [5.41, 5.74) is 1.40. The Labute approximate surface area is 150 Å². The highest BCUT2D eigenvalue weighted by molar-refractivity contribution is 7.90. The molecule has 0 saturated heterocycles. The van der Waals surface area contributed by atoms with Crippen LogP contribution in [0, 0.1) is 10.1 Å². The van der Waals surface area contributed by atoms with E-state index in [1.165, 1.54) is 18.2 Å². The van der Waals surface area contributed by atoms with Gasteiger partial charge in [-0.15, -0.1) is 0 Å². The van der Waals surface area contributed by atoms with Crippen LogP contribution < -0.4 is 10.2 Å². The Kier molecular flexibility index (Phi) is 4.64. The minimum Gasteiger partial charge on any atom is -0.378 e. The van der Waals surface area contributed by atoms with Crippen LogP contribution in [0.1, 0.15) is 5.56 Å². The molecule has 1 N–H and O–H groups in total. The number of nitrogens with one attached hydrogen (secondary N) is 1. The van der Waals surface area contributed by atoms with Gasteiger partial charge in [-0.2, -0.15) is 0 Å². The first-order valence-electron chi connectivity index (χ1n) is 7.88. The summed E-state index contributed by atoms with van der Waals surface area (Å²) >= 11 is 0. The maximum Gasteiger partial charge on any atom is 0.310 e. The number of sulfone groups is 1. The fourth-order valence-electron chi connectivity index (χ4n) is 3.02. The molecule has 0 unspecified atom stereocenters. The summed E-state index contributed by atoms with van der Waals surface area (Å²) in [4.78, 5) is 24.1. The summed E-state index contributed by atoms with van der Waals surface area (Å²) in [7, 11) is -3.74. The van der Waals surface area contributed by atoms with Crippen LogP contribution in [0.2, 0.25) is 0 Å². The number of para-hydroxylation sites is 2. The first-order valence-corrected chi connectivity index (χ1v) is 9.78. The van der Waals surface area contributed by atoms with E-state index in [1.807, 2.05) is 24.3 Å². The van der Waals surface area contributed by atoms with Crippen LogP contribution >= 0.6 is 0 Å².